The van der Waals surface area contributed by atoms with Crippen molar-refractivity contribution in [1.82, 2.24) is 14.8 Å². The van der Waals surface area contributed by atoms with Crippen LogP contribution < -0.4 is 0 Å². The van der Waals surface area contributed by atoms with E-state index in [-0.39, 0.29) is 23.4 Å². The van der Waals surface area contributed by atoms with Gasteiger partial charge < -0.3 is 19.9 Å². The van der Waals surface area contributed by atoms with Gasteiger partial charge in [-0.15, -0.1) is 0 Å². The topological polar surface area (TPSA) is 59.6 Å². The Morgan fingerprint density at radius 3 is 2.62 bits per heavy atom. The van der Waals surface area contributed by atoms with Gasteiger partial charge in [0.25, 0.3) is 5.91 Å². The Kier molecular flexibility index (Phi) is 6.15. The molecule has 1 aromatic carbocycles. The number of carbonyl (C=O) groups excluding carboxylic acids is 1. The molecule has 174 valence electrons. The SMILES string of the molecule is CCN1CCC2(c3cccc(O)c3)Cc3[nH]c(C(=O)N(C(C)C)C(C)C)c(C)c3CC2C1. The smallest absolute Gasteiger partial charge is 0.271 e. The predicted octanol–water partition coefficient (Wildman–Crippen LogP) is 4.67. The van der Waals surface area contributed by atoms with Gasteiger partial charge in [0.2, 0.25) is 0 Å². The fraction of sp³-hybridized carbons (Fsp3) is 0.593. The van der Waals surface area contributed by atoms with Crippen molar-refractivity contribution in [2.75, 3.05) is 19.6 Å². The first-order chi connectivity index (χ1) is 15.2. The van der Waals surface area contributed by atoms with Crippen LogP contribution in [0.15, 0.2) is 24.3 Å². The third-order valence-electron chi connectivity index (χ3n) is 7.97. The van der Waals surface area contributed by atoms with Crippen molar-refractivity contribution in [1.29, 1.82) is 0 Å². The van der Waals surface area contributed by atoms with E-state index in [2.05, 4.69) is 57.5 Å². The molecule has 0 saturated carbocycles. The molecule has 1 aliphatic heterocycles. The number of aromatic nitrogens is 1. The number of aromatic amines is 1. The van der Waals surface area contributed by atoms with Crippen LogP contribution in [-0.2, 0) is 18.3 Å². The Balaban J connectivity index is 1.77. The van der Waals surface area contributed by atoms with Gasteiger partial charge in [0, 0.05) is 29.7 Å². The minimum atomic E-state index is -0.00912. The lowest BCUT2D eigenvalue weighted by Gasteiger charge is -2.51. The number of hydrogen-bond donors (Lipinski definition) is 2. The number of amides is 1. The second-order valence-corrected chi connectivity index (χ2v) is 10.4. The fourth-order valence-electron chi connectivity index (χ4n) is 6.31. The van der Waals surface area contributed by atoms with Crippen molar-refractivity contribution in [3.05, 3.63) is 52.3 Å². The van der Waals surface area contributed by atoms with E-state index < -0.39 is 0 Å². The molecular formula is C27H39N3O2. The molecule has 5 heteroatoms. The molecule has 2 atom stereocenters. The number of likely N-dealkylation sites (tertiary alicyclic amines) is 1. The summed E-state index contributed by atoms with van der Waals surface area (Å²) < 4.78 is 0. The molecule has 2 aromatic rings. The lowest BCUT2D eigenvalue weighted by molar-refractivity contribution is 0.0637. The number of benzene rings is 1. The lowest BCUT2D eigenvalue weighted by atomic mass is 9.58. The van der Waals surface area contributed by atoms with Crippen molar-refractivity contribution in [3.8, 4) is 5.75 Å². The van der Waals surface area contributed by atoms with Gasteiger partial charge in [-0.25, -0.2) is 0 Å². The molecule has 2 N–H and O–H groups in total. The number of rotatable bonds is 5. The van der Waals surface area contributed by atoms with E-state index in [1.54, 1.807) is 6.07 Å². The van der Waals surface area contributed by atoms with E-state index >= 15 is 0 Å². The van der Waals surface area contributed by atoms with Crippen molar-refractivity contribution in [2.45, 2.75) is 78.3 Å². The summed E-state index contributed by atoms with van der Waals surface area (Å²) in [7, 11) is 0. The molecule has 1 amide bonds. The zero-order valence-electron chi connectivity index (χ0n) is 20.5. The molecule has 0 spiro atoms. The van der Waals surface area contributed by atoms with E-state index in [0.717, 1.165) is 50.2 Å². The second-order valence-electron chi connectivity index (χ2n) is 10.4. The van der Waals surface area contributed by atoms with Gasteiger partial charge in [0.15, 0.2) is 0 Å². The van der Waals surface area contributed by atoms with Gasteiger partial charge in [-0.2, -0.15) is 0 Å². The molecule has 1 saturated heterocycles. The van der Waals surface area contributed by atoms with Gasteiger partial charge in [-0.05, 0) is 102 Å². The van der Waals surface area contributed by atoms with E-state index in [4.69, 9.17) is 0 Å². The number of nitrogens with zero attached hydrogens (tertiary/aromatic N) is 2. The molecular weight excluding hydrogens is 398 g/mol. The van der Waals surface area contributed by atoms with Crippen molar-refractivity contribution in [2.24, 2.45) is 5.92 Å². The monoisotopic (exact) mass is 437 g/mol. The van der Waals surface area contributed by atoms with Crippen molar-refractivity contribution in [3.63, 3.8) is 0 Å². The third kappa shape index (κ3) is 3.75. The highest BCUT2D eigenvalue weighted by Crippen LogP contribution is 2.49. The third-order valence-corrected chi connectivity index (χ3v) is 7.97. The summed E-state index contributed by atoms with van der Waals surface area (Å²) in [6, 6.07) is 8.17. The lowest BCUT2D eigenvalue weighted by Crippen LogP contribution is -2.53. The molecule has 0 bridgehead atoms. The van der Waals surface area contributed by atoms with Crippen LogP contribution in [-0.4, -0.2) is 57.5 Å². The van der Waals surface area contributed by atoms with Crippen LogP contribution >= 0.6 is 0 Å². The summed E-state index contributed by atoms with van der Waals surface area (Å²) in [4.78, 5) is 21.6. The molecule has 32 heavy (non-hydrogen) atoms. The number of aromatic hydroxyl groups is 1. The Morgan fingerprint density at radius 1 is 1.28 bits per heavy atom. The van der Waals surface area contributed by atoms with Crippen LogP contribution in [0.4, 0.5) is 0 Å². The van der Waals surface area contributed by atoms with Gasteiger partial charge in [-0.1, -0.05) is 19.1 Å². The summed E-state index contributed by atoms with van der Waals surface area (Å²) in [6.45, 7) is 15.9. The molecule has 5 nitrogen and oxygen atoms in total. The van der Waals surface area contributed by atoms with E-state index in [9.17, 15) is 9.90 Å². The van der Waals surface area contributed by atoms with Crippen LogP contribution in [0.2, 0.25) is 0 Å². The number of carbonyl (C=O) groups is 1. The van der Waals surface area contributed by atoms with Gasteiger partial charge >= 0.3 is 0 Å². The van der Waals surface area contributed by atoms with Crippen LogP contribution in [0.5, 0.6) is 5.75 Å². The number of hydrogen-bond acceptors (Lipinski definition) is 3. The molecule has 4 rings (SSSR count). The maximum atomic E-state index is 13.5. The normalized spacial score (nSPS) is 23.3. The van der Waals surface area contributed by atoms with Gasteiger partial charge in [-0.3, -0.25) is 4.79 Å². The number of nitrogens with one attached hydrogen (secondary N) is 1. The standard InChI is InChI=1S/C27H39N3O2/c1-7-29-12-11-27(20-9-8-10-22(31)13-20)15-24-23(14-21(27)16-29)19(6)25(28-24)26(32)30(17(2)3)18(4)5/h8-10,13,17-18,21,28,31H,7,11-12,14-16H2,1-6H3. The highest BCUT2D eigenvalue weighted by atomic mass is 16.3. The van der Waals surface area contributed by atoms with Crippen molar-refractivity contribution >= 4 is 5.91 Å². The van der Waals surface area contributed by atoms with Crippen LogP contribution in [0, 0.1) is 12.8 Å². The zero-order valence-corrected chi connectivity index (χ0v) is 20.5. The summed E-state index contributed by atoms with van der Waals surface area (Å²) in [5.41, 5.74) is 5.64. The Labute approximate surface area is 192 Å². The first kappa shape index (κ1) is 22.9. The largest absolute Gasteiger partial charge is 0.508 e. The highest BCUT2D eigenvalue weighted by Gasteiger charge is 2.48. The number of phenols is 1. The number of fused-ring (bicyclic) bond motifs is 2. The van der Waals surface area contributed by atoms with E-state index in [0.29, 0.717) is 11.7 Å². The summed E-state index contributed by atoms with van der Waals surface area (Å²) in [5, 5.41) is 10.2. The predicted molar refractivity (Wildman–Crippen MR) is 129 cm³/mol. The minimum Gasteiger partial charge on any atom is -0.508 e. The molecule has 2 unspecified atom stereocenters. The first-order valence-corrected chi connectivity index (χ1v) is 12.2. The number of H-pyrrole nitrogens is 1. The molecule has 2 heterocycles. The van der Waals surface area contributed by atoms with Crippen LogP contribution in [0.1, 0.15) is 73.9 Å². The zero-order chi connectivity index (χ0) is 23.2. The Bertz CT molecular complexity index is 985. The molecule has 1 fully saturated rings. The number of phenolic OH excluding ortho intramolecular Hbond substituents is 1. The average Bonchev–Trinajstić information content (AvgIpc) is 3.06. The highest BCUT2D eigenvalue weighted by molar-refractivity contribution is 5.95. The van der Waals surface area contributed by atoms with E-state index in [1.807, 2.05) is 17.0 Å². The first-order valence-electron chi connectivity index (χ1n) is 12.2. The van der Waals surface area contributed by atoms with Crippen molar-refractivity contribution < 1.29 is 9.90 Å². The quantitative estimate of drug-likeness (QED) is 0.715. The van der Waals surface area contributed by atoms with Gasteiger partial charge in [0.05, 0.1) is 0 Å². The van der Waals surface area contributed by atoms with Crippen LogP contribution in [0.25, 0.3) is 0 Å². The van der Waals surface area contributed by atoms with Gasteiger partial charge in [0.1, 0.15) is 11.4 Å². The Morgan fingerprint density at radius 2 is 2.00 bits per heavy atom. The van der Waals surface area contributed by atoms with E-state index in [1.165, 1.54) is 16.8 Å². The molecule has 0 radical (unpaired) electrons. The number of piperidine rings is 1. The Hall–Kier alpha value is -2.27. The molecule has 1 aromatic heterocycles. The average molecular weight is 438 g/mol. The maximum Gasteiger partial charge on any atom is 0.271 e. The molecule has 1 aliphatic carbocycles. The fourth-order valence-corrected chi connectivity index (χ4v) is 6.31. The summed E-state index contributed by atoms with van der Waals surface area (Å²) >= 11 is 0. The summed E-state index contributed by atoms with van der Waals surface area (Å²) in [5.74, 6) is 0.906. The van der Waals surface area contributed by atoms with Crippen LogP contribution in [0.3, 0.4) is 0 Å². The minimum absolute atomic E-state index is 0.00912. The summed E-state index contributed by atoms with van der Waals surface area (Å²) in [6.07, 6.45) is 2.94. The molecule has 2 aliphatic rings. The maximum absolute atomic E-state index is 13.5. The second kappa shape index (κ2) is 8.58.